The lowest BCUT2D eigenvalue weighted by atomic mass is 10.1. The second-order valence-electron chi connectivity index (χ2n) is 9.85. The van der Waals surface area contributed by atoms with Gasteiger partial charge in [-0.3, -0.25) is 4.79 Å². The van der Waals surface area contributed by atoms with Crippen LogP contribution in [0.1, 0.15) is 44.6 Å². The van der Waals surface area contributed by atoms with Crippen molar-refractivity contribution < 1.29 is 27.5 Å². The van der Waals surface area contributed by atoms with Gasteiger partial charge in [0.15, 0.2) is 21.5 Å². The van der Waals surface area contributed by atoms with Gasteiger partial charge in [-0.2, -0.15) is 0 Å². The molecular formula is C27H32N4O6S. The molecule has 3 aromatic rings. The highest BCUT2D eigenvalue weighted by molar-refractivity contribution is 7.92. The van der Waals surface area contributed by atoms with Crippen LogP contribution in [-0.4, -0.2) is 77.2 Å². The highest BCUT2D eigenvalue weighted by Gasteiger charge is 2.47. The fourth-order valence-corrected chi connectivity index (χ4v) is 6.96. The summed E-state index contributed by atoms with van der Waals surface area (Å²) >= 11 is 0. The number of aromatic nitrogens is 1. The lowest BCUT2D eigenvalue weighted by molar-refractivity contribution is -0.126. The molecule has 2 aromatic carbocycles. The molecule has 202 valence electrons. The molecule has 2 unspecified atom stereocenters. The summed E-state index contributed by atoms with van der Waals surface area (Å²) in [5.41, 5.74) is 1.12. The molecule has 2 N–H and O–H groups in total. The zero-order valence-electron chi connectivity index (χ0n) is 21.2. The molecule has 0 bridgehead atoms. The zero-order valence-corrected chi connectivity index (χ0v) is 22.0. The van der Waals surface area contributed by atoms with Crippen molar-refractivity contribution in [2.75, 3.05) is 19.6 Å². The summed E-state index contributed by atoms with van der Waals surface area (Å²) in [7, 11) is -3.77. The van der Waals surface area contributed by atoms with Gasteiger partial charge < -0.3 is 24.6 Å². The van der Waals surface area contributed by atoms with E-state index < -0.39 is 39.2 Å². The van der Waals surface area contributed by atoms with Crippen LogP contribution in [0.4, 0.5) is 4.79 Å². The van der Waals surface area contributed by atoms with Crippen LogP contribution in [0.2, 0.25) is 0 Å². The van der Waals surface area contributed by atoms with E-state index in [1.165, 1.54) is 17.0 Å². The number of nitrogens with one attached hydrogen (secondary N) is 1. The molecule has 0 aliphatic carbocycles. The third kappa shape index (κ3) is 5.00. The molecule has 0 radical (unpaired) electrons. The molecule has 11 heteroatoms. The number of likely N-dealkylation sites (tertiary alicyclic amines) is 2. The van der Waals surface area contributed by atoms with E-state index in [1.54, 1.807) is 48.2 Å². The first-order valence-electron chi connectivity index (χ1n) is 13.0. The maximum absolute atomic E-state index is 13.6. The van der Waals surface area contributed by atoms with E-state index in [0.29, 0.717) is 30.6 Å². The Bertz CT molecular complexity index is 1370. The van der Waals surface area contributed by atoms with Gasteiger partial charge >= 0.3 is 6.03 Å². The zero-order chi connectivity index (χ0) is 26.9. The maximum atomic E-state index is 13.6. The van der Waals surface area contributed by atoms with Crippen molar-refractivity contribution in [3.05, 3.63) is 60.5 Å². The molecular weight excluding hydrogens is 508 g/mol. The number of rotatable bonds is 7. The molecule has 2 aliphatic rings. The minimum Gasteiger partial charge on any atom is -0.438 e. The normalized spacial score (nSPS) is 21.5. The van der Waals surface area contributed by atoms with Crippen LogP contribution in [0.25, 0.3) is 11.1 Å². The molecule has 0 saturated carbocycles. The number of sulfone groups is 1. The van der Waals surface area contributed by atoms with Gasteiger partial charge in [0.25, 0.3) is 0 Å². The second kappa shape index (κ2) is 10.7. The van der Waals surface area contributed by atoms with E-state index in [1.807, 2.05) is 6.07 Å². The predicted octanol–water partition coefficient (Wildman–Crippen LogP) is 2.89. The SMILES string of the molecule is CCC(NC(=O)[C@@H]1C[C@@H](S(=O)(=O)c2ccccc2)CN1C(=O)N1CCCC1)C(O)c1nc2ccccc2o1. The van der Waals surface area contributed by atoms with E-state index in [2.05, 4.69) is 10.3 Å². The number of aliphatic hydroxyl groups excluding tert-OH is 1. The third-order valence-electron chi connectivity index (χ3n) is 7.41. The molecule has 38 heavy (non-hydrogen) atoms. The lowest BCUT2D eigenvalue weighted by Gasteiger charge is -2.30. The standard InChI is InChI=1S/C27H32N4O6S/c1-2-20(24(32)26-29-21-12-6-7-13-23(21)37-26)28-25(33)22-16-19(38(35,36)18-10-4-3-5-11-18)17-31(22)27(34)30-14-8-9-15-30/h3-7,10-13,19-20,22,24,32H,2,8-9,14-17H2,1H3,(H,28,33)/t19-,20?,22+,24?/m1/s1. The van der Waals surface area contributed by atoms with Crippen LogP contribution in [0.3, 0.4) is 0 Å². The number of hydrogen-bond acceptors (Lipinski definition) is 7. The quantitative estimate of drug-likeness (QED) is 0.471. The molecule has 2 fully saturated rings. The molecule has 2 aliphatic heterocycles. The molecule has 4 atom stereocenters. The number of benzene rings is 2. The Morgan fingerprint density at radius 2 is 1.79 bits per heavy atom. The first kappa shape index (κ1) is 26.2. The number of urea groups is 1. The van der Waals surface area contributed by atoms with Crippen molar-refractivity contribution in [1.82, 2.24) is 20.1 Å². The summed E-state index contributed by atoms with van der Waals surface area (Å²) in [6.45, 7) is 2.89. The minimum absolute atomic E-state index is 0.0297. The fourth-order valence-electron chi connectivity index (χ4n) is 5.25. The Morgan fingerprint density at radius 3 is 2.47 bits per heavy atom. The van der Waals surface area contributed by atoms with Crippen molar-refractivity contribution in [2.24, 2.45) is 0 Å². The number of oxazole rings is 1. The van der Waals surface area contributed by atoms with Crippen molar-refractivity contribution in [3.8, 4) is 0 Å². The number of aliphatic hydroxyl groups is 1. The molecule has 5 rings (SSSR count). The smallest absolute Gasteiger partial charge is 0.320 e. The van der Waals surface area contributed by atoms with Crippen LogP contribution in [0.5, 0.6) is 0 Å². The van der Waals surface area contributed by atoms with Crippen molar-refractivity contribution in [3.63, 3.8) is 0 Å². The number of carbonyl (C=O) groups is 2. The molecule has 3 heterocycles. The van der Waals surface area contributed by atoms with Crippen LogP contribution in [-0.2, 0) is 14.6 Å². The van der Waals surface area contributed by atoms with E-state index in [-0.39, 0.29) is 29.8 Å². The Labute approximate surface area is 221 Å². The largest absolute Gasteiger partial charge is 0.438 e. The number of carbonyl (C=O) groups excluding carboxylic acids is 2. The van der Waals surface area contributed by atoms with Crippen LogP contribution in [0.15, 0.2) is 63.9 Å². The van der Waals surface area contributed by atoms with Crippen molar-refractivity contribution in [1.29, 1.82) is 0 Å². The molecule has 0 spiro atoms. The minimum atomic E-state index is -3.77. The van der Waals surface area contributed by atoms with Gasteiger partial charge in [-0.05, 0) is 49.9 Å². The summed E-state index contributed by atoms with van der Waals surface area (Å²) in [6, 6.07) is 13.1. The first-order chi connectivity index (χ1) is 18.3. The summed E-state index contributed by atoms with van der Waals surface area (Å²) in [6.07, 6.45) is 0.861. The third-order valence-corrected chi connectivity index (χ3v) is 9.56. The summed E-state index contributed by atoms with van der Waals surface area (Å²) in [5.74, 6) is -0.426. The van der Waals surface area contributed by atoms with Crippen LogP contribution < -0.4 is 5.32 Å². The summed E-state index contributed by atoms with van der Waals surface area (Å²) < 4.78 is 32.5. The highest BCUT2D eigenvalue weighted by atomic mass is 32.2. The monoisotopic (exact) mass is 540 g/mol. The van der Waals surface area contributed by atoms with Crippen molar-refractivity contribution >= 4 is 32.9 Å². The second-order valence-corrected chi connectivity index (χ2v) is 12.1. The Morgan fingerprint density at radius 1 is 1.11 bits per heavy atom. The predicted molar refractivity (Wildman–Crippen MR) is 140 cm³/mol. The summed E-state index contributed by atoms with van der Waals surface area (Å²) in [5, 5.41) is 12.9. The maximum Gasteiger partial charge on any atom is 0.320 e. The number of nitrogens with zero attached hydrogens (tertiary/aromatic N) is 3. The van der Waals surface area contributed by atoms with Crippen LogP contribution in [0, 0.1) is 0 Å². The van der Waals surface area contributed by atoms with Gasteiger partial charge in [-0.25, -0.2) is 18.2 Å². The van der Waals surface area contributed by atoms with Gasteiger partial charge in [0.1, 0.15) is 11.6 Å². The number of para-hydroxylation sites is 2. The highest BCUT2D eigenvalue weighted by Crippen LogP contribution is 2.31. The lowest BCUT2D eigenvalue weighted by Crippen LogP contribution is -2.52. The number of hydrogen-bond donors (Lipinski definition) is 2. The van der Waals surface area contributed by atoms with E-state index in [9.17, 15) is 23.1 Å². The van der Waals surface area contributed by atoms with Gasteiger partial charge in [0.05, 0.1) is 16.2 Å². The van der Waals surface area contributed by atoms with Crippen LogP contribution >= 0.6 is 0 Å². The average molecular weight is 541 g/mol. The van der Waals surface area contributed by atoms with Crippen molar-refractivity contribution in [2.45, 2.75) is 60.9 Å². The van der Waals surface area contributed by atoms with Gasteiger partial charge in [0, 0.05) is 19.6 Å². The molecule has 10 nitrogen and oxygen atoms in total. The average Bonchev–Trinajstić information content (AvgIpc) is 3.71. The Hall–Kier alpha value is -3.44. The van der Waals surface area contributed by atoms with E-state index in [0.717, 1.165) is 12.8 Å². The summed E-state index contributed by atoms with van der Waals surface area (Å²) in [4.78, 5) is 34.5. The first-order valence-corrected chi connectivity index (χ1v) is 14.5. The molecule has 1 aromatic heterocycles. The van der Waals surface area contributed by atoms with E-state index >= 15 is 0 Å². The van der Waals surface area contributed by atoms with E-state index in [4.69, 9.17) is 4.42 Å². The van der Waals surface area contributed by atoms with Gasteiger partial charge in [-0.15, -0.1) is 0 Å². The fraction of sp³-hybridized carbons (Fsp3) is 0.444. The Balaban J connectivity index is 1.38. The Kier molecular flexibility index (Phi) is 7.40. The number of fused-ring (bicyclic) bond motifs is 1. The topological polar surface area (TPSA) is 133 Å². The molecule has 2 saturated heterocycles. The molecule has 3 amide bonds. The van der Waals surface area contributed by atoms with Gasteiger partial charge in [-0.1, -0.05) is 37.3 Å². The van der Waals surface area contributed by atoms with Gasteiger partial charge in [0.2, 0.25) is 11.8 Å². The number of amides is 3.